The number of carboxylic acids is 1. The van der Waals surface area contributed by atoms with E-state index in [9.17, 15) is 9.90 Å². The van der Waals surface area contributed by atoms with Crippen molar-refractivity contribution in [3.8, 4) is 11.1 Å². The van der Waals surface area contributed by atoms with E-state index < -0.39 is 11.5 Å². The Bertz CT molecular complexity index is 919. The molecule has 2 aromatic rings. The van der Waals surface area contributed by atoms with Crippen LogP contribution in [0.25, 0.3) is 11.1 Å². The molecule has 2 N–H and O–H groups in total. The monoisotopic (exact) mass is 413 g/mol. The molecule has 6 heteroatoms. The lowest BCUT2D eigenvalue weighted by Crippen LogP contribution is -2.50. The summed E-state index contributed by atoms with van der Waals surface area (Å²) in [6.07, 6.45) is 3.78. The van der Waals surface area contributed by atoms with Crippen LogP contribution in [0.2, 0.25) is 0 Å². The van der Waals surface area contributed by atoms with E-state index in [0.29, 0.717) is 55.9 Å². The van der Waals surface area contributed by atoms with Gasteiger partial charge in [-0.2, -0.15) is 0 Å². The Hall–Kier alpha value is -2.44. The van der Waals surface area contributed by atoms with Gasteiger partial charge in [0.25, 0.3) is 0 Å². The fraction of sp³-hybridized carbons (Fsp3) is 0.458. The lowest BCUT2D eigenvalue weighted by molar-refractivity contribution is -0.145. The zero-order valence-electron chi connectivity index (χ0n) is 17.2. The van der Waals surface area contributed by atoms with Crippen molar-refractivity contribution in [3.63, 3.8) is 0 Å². The van der Waals surface area contributed by atoms with Crippen LogP contribution in [-0.2, 0) is 27.3 Å². The lowest BCUT2D eigenvalue weighted by atomic mass is 9.89. The third-order valence-electron chi connectivity index (χ3n) is 5.99. The minimum Gasteiger partial charge on any atom is -0.480 e. The van der Waals surface area contributed by atoms with Crippen LogP contribution in [0.4, 0.5) is 10.1 Å². The zero-order chi connectivity index (χ0) is 21.1. The molecule has 1 saturated heterocycles. The van der Waals surface area contributed by atoms with Crippen LogP contribution < -0.4 is 5.32 Å². The number of hydrogen-bond donors (Lipinski definition) is 2. The molecule has 0 spiro atoms. The van der Waals surface area contributed by atoms with Crippen molar-refractivity contribution in [1.82, 2.24) is 0 Å². The van der Waals surface area contributed by atoms with Gasteiger partial charge in [-0.05, 0) is 48.1 Å². The van der Waals surface area contributed by atoms with E-state index in [1.807, 2.05) is 31.2 Å². The van der Waals surface area contributed by atoms with E-state index in [1.165, 1.54) is 0 Å². The molecule has 1 aliphatic carbocycles. The van der Waals surface area contributed by atoms with Gasteiger partial charge in [0.1, 0.15) is 11.4 Å². The maximum atomic E-state index is 15.0. The summed E-state index contributed by atoms with van der Waals surface area (Å²) in [5.74, 6) is -1.09. The molecule has 1 aliphatic heterocycles. The van der Waals surface area contributed by atoms with Crippen molar-refractivity contribution in [2.45, 2.75) is 57.3 Å². The highest BCUT2D eigenvalue weighted by atomic mass is 19.1. The molecule has 0 aromatic heterocycles. The number of rotatable bonds is 8. The van der Waals surface area contributed by atoms with E-state index in [4.69, 9.17) is 9.47 Å². The van der Waals surface area contributed by atoms with Crippen molar-refractivity contribution in [2.75, 3.05) is 18.5 Å². The molecule has 4 rings (SSSR count). The first-order valence-corrected chi connectivity index (χ1v) is 10.6. The Balaban J connectivity index is 1.68. The number of benzene rings is 2. The fourth-order valence-corrected chi connectivity index (χ4v) is 3.95. The Morgan fingerprint density at radius 2 is 1.97 bits per heavy atom. The average Bonchev–Trinajstić information content (AvgIpc) is 3.58. The van der Waals surface area contributed by atoms with E-state index in [0.717, 1.165) is 24.0 Å². The highest BCUT2D eigenvalue weighted by Gasteiger charge is 2.40. The zero-order valence-corrected chi connectivity index (χ0v) is 17.2. The molecule has 0 unspecified atom stereocenters. The number of ether oxygens (including phenoxy) is 2. The Kier molecular flexibility index (Phi) is 6.06. The summed E-state index contributed by atoms with van der Waals surface area (Å²) in [6.45, 7) is 3.12. The molecule has 1 heterocycles. The third-order valence-corrected chi connectivity index (χ3v) is 5.99. The van der Waals surface area contributed by atoms with Crippen LogP contribution in [-0.4, -0.2) is 35.9 Å². The van der Waals surface area contributed by atoms with Crippen LogP contribution in [0.1, 0.15) is 43.7 Å². The average molecular weight is 413 g/mol. The number of carboxylic acid groups (broad SMARTS) is 1. The summed E-state index contributed by atoms with van der Waals surface area (Å²) in [5, 5.41) is 13.1. The van der Waals surface area contributed by atoms with E-state index in [1.54, 1.807) is 12.1 Å². The Morgan fingerprint density at radius 1 is 1.20 bits per heavy atom. The molecule has 2 fully saturated rings. The first kappa shape index (κ1) is 20.8. The summed E-state index contributed by atoms with van der Waals surface area (Å²) in [5.41, 5.74) is 2.51. The molecule has 2 aliphatic rings. The van der Waals surface area contributed by atoms with Gasteiger partial charge in [-0.3, -0.25) is 0 Å². The maximum Gasteiger partial charge on any atom is 0.329 e. The van der Waals surface area contributed by atoms with Crippen LogP contribution in [0, 0.1) is 5.82 Å². The number of aryl methyl sites for hydroxylation is 1. The highest BCUT2D eigenvalue weighted by molar-refractivity contribution is 5.83. The van der Waals surface area contributed by atoms with Gasteiger partial charge in [-0.1, -0.05) is 31.2 Å². The first-order valence-electron chi connectivity index (χ1n) is 10.6. The predicted octanol–water partition coefficient (Wildman–Crippen LogP) is 4.78. The molecular weight excluding hydrogens is 385 g/mol. The molecule has 160 valence electrons. The van der Waals surface area contributed by atoms with Gasteiger partial charge in [0.15, 0.2) is 0 Å². The fourth-order valence-electron chi connectivity index (χ4n) is 3.95. The topological polar surface area (TPSA) is 67.8 Å². The number of nitrogens with one attached hydrogen (secondary N) is 1. The van der Waals surface area contributed by atoms with Crippen LogP contribution >= 0.6 is 0 Å². The summed E-state index contributed by atoms with van der Waals surface area (Å²) in [6, 6.07) is 11.0. The number of hydrogen-bond acceptors (Lipinski definition) is 4. The number of aliphatic carboxylic acids is 1. The SMILES string of the molecule is CCc1cccc(-c2ccc(NC3(C(=O)O)CCOCC3)cc2COC2CC2)c1F. The molecule has 2 aromatic carbocycles. The molecule has 0 bridgehead atoms. The third kappa shape index (κ3) is 4.35. The smallest absolute Gasteiger partial charge is 0.329 e. The van der Waals surface area contributed by atoms with Crippen molar-refractivity contribution >= 4 is 11.7 Å². The van der Waals surface area contributed by atoms with E-state index in [2.05, 4.69) is 5.32 Å². The van der Waals surface area contributed by atoms with E-state index in [-0.39, 0.29) is 11.9 Å². The largest absolute Gasteiger partial charge is 0.480 e. The Labute approximate surface area is 176 Å². The second kappa shape index (κ2) is 8.74. The molecule has 5 nitrogen and oxygen atoms in total. The summed E-state index contributed by atoms with van der Waals surface area (Å²) in [4.78, 5) is 12.0. The first-order chi connectivity index (χ1) is 14.5. The number of anilines is 1. The van der Waals surface area contributed by atoms with Gasteiger partial charge in [-0.25, -0.2) is 9.18 Å². The predicted molar refractivity (Wildman–Crippen MR) is 113 cm³/mol. The molecule has 0 radical (unpaired) electrons. The lowest BCUT2D eigenvalue weighted by Gasteiger charge is -2.35. The second-order valence-electron chi connectivity index (χ2n) is 8.14. The minimum absolute atomic E-state index is 0.209. The van der Waals surface area contributed by atoms with Crippen LogP contribution in [0.5, 0.6) is 0 Å². The van der Waals surface area contributed by atoms with Gasteiger partial charge in [-0.15, -0.1) is 0 Å². The van der Waals surface area contributed by atoms with E-state index >= 15 is 4.39 Å². The van der Waals surface area contributed by atoms with Gasteiger partial charge in [0.05, 0.1) is 12.7 Å². The number of halogens is 1. The van der Waals surface area contributed by atoms with Crippen molar-refractivity contribution in [2.24, 2.45) is 0 Å². The van der Waals surface area contributed by atoms with Crippen molar-refractivity contribution in [3.05, 3.63) is 53.3 Å². The van der Waals surface area contributed by atoms with Gasteiger partial charge in [0, 0.05) is 37.3 Å². The summed E-state index contributed by atoms with van der Waals surface area (Å²) < 4.78 is 26.3. The summed E-state index contributed by atoms with van der Waals surface area (Å²) >= 11 is 0. The van der Waals surface area contributed by atoms with Crippen LogP contribution in [0.15, 0.2) is 36.4 Å². The molecule has 0 atom stereocenters. The maximum absolute atomic E-state index is 15.0. The van der Waals surface area contributed by atoms with Crippen molar-refractivity contribution in [1.29, 1.82) is 0 Å². The van der Waals surface area contributed by atoms with Gasteiger partial charge < -0.3 is 19.9 Å². The van der Waals surface area contributed by atoms with Gasteiger partial charge >= 0.3 is 5.97 Å². The molecular formula is C24H28FNO4. The quantitative estimate of drug-likeness (QED) is 0.652. The number of carbonyl (C=O) groups is 1. The highest BCUT2D eigenvalue weighted by Crippen LogP contribution is 2.34. The standard InChI is InChI=1S/C24H28FNO4/c1-2-16-4-3-5-21(22(16)25)20-9-6-18(14-17(20)15-30-19-7-8-19)26-24(23(27)28)10-12-29-13-11-24/h3-6,9,14,19,26H,2,7-8,10-13,15H2,1H3,(H,27,28). The normalized spacial score (nSPS) is 18.2. The second-order valence-corrected chi connectivity index (χ2v) is 8.14. The molecule has 0 amide bonds. The molecule has 30 heavy (non-hydrogen) atoms. The Morgan fingerprint density at radius 3 is 2.63 bits per heavy atom. The van der Waals surface area contributed by atoms with Crippen molar-refractivity contribution < 1.29 is 23.8 Å². The van der Waals surface area contributed by atoms with Crippen LogP contribution in [0.3, 0.4) is 0 Å². The molecule has 1 saturated carbocycles. The minimum atomic E-state index is -1.05. The summed E-state index contributed by atoms with van der Waals surface area (Å²) in [7, 11) is 0. The van der Waals surface area contributed by atoms with Gasteiger partial charge in [0.2, 0.25) is 0 Å².